The number of benzene rings is 2. The second kappa shape index (κ2) is 3.99. The van der Waals surface area contributed by atoms with Crippen molar-refractivity contribution in [1.82, 2.24) is 0 Å². The third-order valence-electron chi connectivity index (χ3n) is 3.16. The Hall–Kier alpha value is -1.54. The zero-order valence-electron chi connectivity index (χ0n) is 11.2. The fraction of sp³-hybridized carbons (Fsp3) is 0.250. The molecule has 2 aromatic carbocycles. The van der Waals surface area contributed by atoms with Gasteiger partial charge in [0.05, 0.1) is 0 Å². The second-order valence-corrected chi connectivity index (χ2v) is 10.3. The third kappa shape index (κ3) is 2.08. The molecule has 1 aliphatic rings. The van der Waals surface area contributed by atoms with Crippen LogP contribution in [0.5, 0.6) is 0 Å². The summed E-state index contributed by atoms with van der Waals surface area (Å²) in [4.78, 5) is 0. The van der Waals surface area contributed by atoms with Gasteiger partial charge < -0.3 is 4.43 Å². The van der Waals surface area contributed by atoms with Crippen molar-refractivity contribution in [1.29, 1.82) is 0 Å². The Morgan fingerprint density at radius 2 is 1.67 bits per heavy atom. The summed E-state index contributed by atoms with van der Waals surface area (Å²) in [6.45, 7) is 6.69. The number of fused-ring (bicyclic) bond motifs is 2. The summed E-state index contributed by atoms with van der Waals surface area (Å²) in [6, 6.07) is 13.1. The first kappa shape index (κ1) is 11.5. The smallest absolute Gasteiger partial charge is 0.242 e. The molecule has 18 heavy (non-hydrogen) atoms. The fourth-order valence-corrected chi connectivity index (χ4v) is 3.28. The van der Waals surface area contributed by atoms with Gasteiger partial charge in [0.2, 0.25) is 8.32 Å². The van der Waals surface area contributed by atoms with Crippen LogP contribution in [0.15, 0.2) is 42.5 Å². The normalized spacial score (nSPS) is 14.5. The molecule has 0 aromatic heterocycles. The zero-order chi connectivity index (χ0) is 12.8. The van der Waals surface area contributed by atoms with Crippen LogP contribution in [-0.4, -0.2) is 8.32 Å². The van der Waals surface area contributed by atoms with Crippen LogP contribution in [0.1, 0.15) is 11.1 Å². The molecule has 0 heterocycles. The number of hydrogen-bond acceptors (Lipinski definition) is 1. The number of allylic oxidation sites excluding steroid dienone is 1. The average Bonchev–Trinajstić information content (AvgIpc) is 2.67. The van der Waals surface area contributed by atoms with Gasteiger partial charge in [-0.2, -0.15) is 0 Å². The molecule has 0 N–H and O–H groups in total. The monoisotopic (exact) mass is 254 g/mol. The van der Waals surface area contributed by atoms with Crippen molar-refractivity contribution in [2.24, 2.45) is 0 Å². The SMILES string of the molecule is C[Si](C)(C)OC1=CCc2cc3ccccc3cc21. The first-order valence-electron chi connectivity index (χ1n) is 6.44. The molecule has 2 aromatic rings. The van der Waals surface area contributed by atoms with E-state index < -0.39 is 8.32 Å². The summed E-state index contributed by atoms with van der Waals surface area (Å²) in [5.74, 6) is 1.09. The van der Waals surface area contributed by atoms with Gasteiger partial charge in [-0.25, -0.2) is 0 Å². The maximum Gasteiger partial charge on any atom is 0.242 e. The van der Waals surface area contributed by atoms with Gasteiger partial charge in [0.25, 0.3) is 0 Å². The Morgan fingerprint density at radius 3 is 2.33 bits per heavy atom. The molecule has 0 atom stereocenters. The standard InChI is InChI=1S/C16H18OSi/c1-18(2,3)17-16-9-8-14-10-12-6-4-5-7-13(12)11-15(14)16/h4-7,9-11H,8H2,1-3H3. The summed E-state index contributed by atoms with van der Waals surface area (Å²) in [7, 11) is -1.53. The molecule has 0 aliphatic heterocycles. The molecule has 3 rings (SSSR count). The summed E-state index contributed by atoms with van der Waals surface area (Å²) in [6.07, 6.45) is 3.22. The number of hydrogen-bond donors (Lipinski definition) is 0. The van der Waals surface area contributed by atoms with Crippen LogP contribution in [0.3, 0.4) is 0 Å². The highest BCUT2D eigenvalue weighted by Crippen LogP contribution is 2.33. The van der Waals surface area contributed by atoms with Crippen LogP contribution in [0.4, 0.5) is 0 Å². The van der Waals surface area contributed by atoms with E-state index in [0.717, 1.165) is 12.2 Å². The molecule has 0 amide bonds. The van der Waals surface area contributed by atoms with Crippen molar-refractivity contribution in [3.05, 3.63) is 53.6 Å². The summed E-state index contributed by atoms with van der Waals surface area (Å²) >= 11 is 0. The van der Waals surface area contributed by atoms with Crippen molar-refractivity contribution in [3.63, 3.8) is 0 Å². The predicted octanol–water partition coefficient (Wildman–Crippen LogP) is 4.59. The van der Waals surface area contributed by atoms with Crippen LogP contribution in [0.2, 0.25) is 19.6 Å². The summed E-state index contributed by atoms with van der Waals surface area (Å²) in [5.41, 5.74) is 2.68. The molecule has 0 spiro atoms. The number of rotatable bonds is 2. The van der Waals surface area contributed by atoms with Gasteiger partial charge in [-0.3, -0.25) is 0 Å². The highest BCUT2D eigenvalue weighted by Gasteiger charge is 2.23. The Labute approximate surface area is 109 Å². The van der Waals surface area contributed by atoms with Gasteiger partial charge in [-0.05, 0) is 54.5 Å². The Bertz CT molecular complexity index is 635. The van der Waals surface area contributed by atoms with Crippen LogP contribution < -0.4 is 0 Å². The van der Waals surface area contributed by atoms with E-state index in [0.29, 0.717) is 0 Å². The molecule has 0 bridgehead atoms. The van der Waals surface area contributed by atoms with Gasteiger partial charge >= 0.3 is 0 Å². The van der Waals surface area contributed by atoms with E-state index >= 15 is 0 Å². The fourth-order valence-electron chi connectivity index (χ4n) is 2.42. The van der Waals surface area contributed by atoms with Gasteiger partial charge in [0.1, 0.15) is 5.76 Å². The lowest BCUT2D eigenvalue weighted by Crippen LogP contribution is -2.24. The largest absolute Gasteiger partial charge is 0.544 e. The molecule has 92 valence electrons. The second-order valence-electron chi connectivity index (χ2n) is 5.84. The lowest BCUT2D eigenvalue weighted by molar-refractivity contribution is 0.516. The van der Waals surface area contributed by atoms with Gasteiger partial charge in [0, 0.05) is 5.56 Å². The van der Waals surface area contributed by atoms with E-state index in [-0.39, 0.29) is 0 Å². The van der Waals surface area contributed by atoms with Crippen molar-refractivity contribution < 1.29 is 4.43 Å². The van der Waals surface area contributed by atoms with E-state index in [2.05, 4.69) is 62.1 Å². The minimum Gasteiger partial charge on any atom is -0.544 e. The van der Waals surface area contributed by atoms with Crippen LogP contribution in [0, 0.1) is 0 Å². The maximum absolute atomic E-state index is 6.17. The molecule has 0 saturated carbocycles. The molecule has 2 heteroatoms. The van der Waals surface area contributed by atoms with Crippen LogP contribution in [0.25, 0.3) is 16.5 Å². The topological polar surface area (TPSA) is 9.23 Å². The molecule has 1 nitrogen and oxygen atoms in total. The summed E-state index contributed by atoms with van der Waals surface area (Å²) < 4.78 is 6.17. The Kier molecular flexibility index (Phi) is 2.56. The van der Waals surface area contributed by atoms with Crippen LogP contribution in [-0.2, 0) is 10.8 Å². The maximum atomic E-state index is 6.17. The predicted molar refractivity (Wildman–Crippen MR) is 80.1 cm³/mol. The van der Waals surface area contributed by atoms with Gasteiger partial charge in [-0.15, -0.1) is 0 Å². The van der Waals surface area contributed by atoms with Gasteiger partial charge in [0.15, 0.2) is 0 Å². The molecule has 0 fully saturated rings. The molecular weight excluding hydrogens is 236 g/mol. The van der Waals surface area contributed by atoms with E-state index in [4.69, 9.17) is 4.43 Å². The molecule has 1 aliphatic carbocycles. The average molecular weight is 254 g/mol. The highest BCUT2D eigenvalue weighted by molar-refractivity contribution is 6.70. The lowest BCUT2D eigenvalue weighted by Gasteiger charge is -2.21. The van der Waals surface area contributed by atoms with E-state index in [1.54, 1.807) is 0 Å². The van der Waals surface area contributed by atoms with Gasteiger partial charge in [-0.1, -0.05) is 30.3 Å². The molecule has 0 unspecified atom stereocenters. The van der Waals surface area contributed by atoms with Crippen LogP contribution >= 0.6 is 0 Å². The van der Waals surface area contributed by atoms with E-state index in [1.807, 2.05) is 0 Å². The highest BCUT2D eigenvalue weighted by atomic mass is 28.4. The minimum absolute atomic E-state index is 1.000. The zero-order valence-corrected chi connectivity index (χ0v) is 12.2. The van der Waals surface area contributed by atoms with Crippen molar-refractivity contribution in [3.8, 4) is 0 Å². The van der Waals surface area contributed by atoms with E-state index in [9.17, 15) is 0 Å². The quantitative estimate of drug-likeness (QED) is 0.712. The first-order valence-corrected chi connectivity index (χ1v) is 9.85. The molecular formula is C16H18OSi. The Morgan fingerprint density at radius 1 is 1.00 bits per heavy atom. The van der Waals surface area contributed by atoms with Crippen molar-refractivity contribution in [2.45, 2.75) is 26.1 Å². The van der Waals surface area contributed by atoms with Crippen molar-refractivity contribution >= 4 is 24.8 Å². The molecule has 0 radical (unpaired) electrons. The third-order valence-corrected chi connectivity index (χ3v) is 3.99. The lowest BCUT2D eigenvalue weighted by atomic mass is 10.0. The minimum atomic E-state index is -1.53. The summed E-state index contributed by atoms with van der Waals surface area (Å²) in [5, 5.41) is 2.61. The Balaban J connectivity index is 2.06. The molecule has 0 saturated heterocycles. The van der Waals surface area contributed by atoms with Crippen molar-refractivity contribution in [2.75, 3.05) is 0 Å². The van der Waals surface area contributed by atoms with E-state index in [1.165, 1.54) is 21.9 Å². The first-order chi connectivity index (χ1) is 8.53.